The van der Waals surface area contributed by atoms with Crippen LogP contribution in [0.4, 0.5) is 0 Å². The summed E-state index contributed by atoms with van der Waals surface area (Å²) in [5.74, 6) is 0. The first-order chi connectivity index (χ1) is 8.33. The van der Waals surface area contributed by atoms with E-state index in [1.54, 1.807) is 0 Å². The second kappa shape index (κ2) is 5.55. The zero-order chi connectivity index (χ0) is 12.1. The Hall–Kier alpha value is -1.74. The number of aryl methyl sites for hydroxylation is 1. The highest BCUT2D eigenvalue weighted by Crippen LogP contribution is 2.17. The van der Waals surface area contributed by atoms with Crippen molar-refractivity contribution in [3.05, 3.63) is 47.7 Å². The second-order valence-corrected chi connectivity index (χ2v) is 3.99. The van der Waals surface area contributed by atoms with Gasteiger partial charge in [-0.2, -0.15) is 10.2 Å². The summed E-state index contributed by atoms with van der Waals surface area (Å²) in [7, 11) is 1.90. The molecule has 0 spiro atoms. The van der Waals surface area contributed by atoms with Crippen molar-refractivity contribution in [3.8, 4) is 11.3 Å². The maximum absolute atomic E-state index is 4.23. The predicted octanol–water partition coefficient (Wildman–Crippen LogP) is 2.43. The Morgan fingerprint density at radius 3 is 2.29 bits per heavy atom. The van der Waals surface area contributed by atoms with E-state index in [4.69, 9.17) is 0 Å². The van der Waals surface area contributed by atoms with E-state index in [9.17, 15) is 0 Å². The minimum absolute atomic E-state index is 0.752. The SMILES string of the molecule is CCc1ccc(-c2ccc(CNC)nn2)cc1. The molecule has 0 aliphatic rings. The van der Waals surface area contributed by atoms with Crippen LogP contribution in [0, 0.1) is 0 Å². The largest absolute Gasteiger partial charge is 0.314 e. The summed E-state index contributed by atoms with van der Waals surface area (Å²) in [5.41, 5.74) is 4.34. The second-order valence-electron chi connectivity index (χ2n) is 3.99. The summed E-state index contributed by atoms with van der Waals surface area (Å²) in [6, 6.07) is 12.5. The summed E-state index contributed by atoms with van der Waals surface area (Å²) in [4.78, 5) is 0. The number of rotatable bonds is 4. The van der Waals surface area contributed by atoms with Gasteiger partial charge >= 0.3 is 0 Å². The van der Waals surface area contributed by atoms with Crippen molar-refractivity contribution < 1.29 is 0 Å². The Kier molecular flexibility index (Phi) is 3.83. The number of hydrogen-bond acceptors (Lipinski definition) is 3. The molecule has 0 bridgehead atoms. The van der Waals surface area contributed by atoms with Gasteiger partial charge in [-0.25, -0.2) is 0 Å². The van der Waals surface area contributed by atoms with Gasteiger partial charge in [0.05, 0.1) is 11.4 Å². The fraction of sp³-hybridized carbons (Fsp3) is 0.286. The Bertz CT molecular complexity index is 460. The molecule has 1 aromatic heterocycles. The van der Waals surface area contributed by atoms with Crippen molar-refractivity contribution in [3.63, 3.8) is 0 Å². The van der Waals surface area contributed by atoms with Gasteiger partial charge in [-0.15, -0.1) is 0 Å². The molecule has 1 heterocycles. The van der Waals surface area contributed by atoms with Gasteiger partial charge in [0.2, 0.25) is 0 Å². The lowest BCUT2D eigenvalue weighted by atomic mass is 10.1. The molecule has 17 heavy (non-hydrogen) atoms. The van der Waals surface area contributed by atoms with Crippen molar-refractivity contribution >= 4 is 0 Å². The van der Waals surface area contributed by atoms with Gasteiger partial charge in [0.1, 0.15) is 0 Å². The van der Waals surface area contributed by atoms with Gasteiger partial charge in [0, 0.05) is 12.1 Å². The molecule has 3 heteroatoms. The average Bonchev–Trinajstić information content (AvgIpc) is 2.40. The fourth-order valence-electron chi connectivity index (χ4n) is 1.70. The Balaban J connectivity index is 2.20. The topological polar surface area (TPSA) is 37.8 Å². The first-order valence-electron chi connectivity index (χ1n) is 5.90. The molecule has 0 saturated carbocycles. The molecule has 1 N–H and O–H groups in total. The molecular weight excluding hydrogens is 210 g/mol. The molecule has 0 aliphatic heterocycles. The molecule has 0 amide bonds. The highest BCUT2D eigenvalue weighted by Gasteiger charge is 2.00. The minimum Gasteiger partial charge on any atom is -0.314 e. The quantitative estimate of drug-likeness (QED) is 0.871. The van der Waals surface area contributed by atoms with Gasteiger partial charge in [-0.3, -0.25) is 0 Å². The Labute approximate surface area is 102 Å². The summed E-state index contributed by atoms with van der Waals surface area (Å²) < 4.78 is 0. The van der Waals surface area contributed by atoms with Crippen LogP contribution in [-0.2, 0) is 13.0 Å². The van der Waals surface area contributed by atoms with Crippen LogP contribution in [-0.4, -0.2) is 17.2 Å². The van der Waals surface area contributed by atoms with Crippen LogP contribution in [0.15, 0.2) is 36.4 Å². The van der Waals surface area contributed by atoms with E-state index in [1.807, 2.05) is 19.2 Å². The number of benzene rings is 1. The first kappa shape index (κ1) is 11.7. The van der Waals surface area contributed by atoms with Gasteiger partial charge in [-0.1, -0.05) is 31.2 Å². The lowest BCUT2D eigenvalue weighted by Gasteiger charge is -2.03. The van der Waals surface area contributed by atoms with Crippen LogP contribution in [0.2, 0.25) is 0 Å². The van der Waals surface area contributed by atoms with Crippen LogP contribution in [0.3, 0.4) is 0 Å². The third kappa shape index (κ3) is 2.88. The van der Waals surface area contributed by atoms with Crippen molar-refractivity contribution in [2.45, 2.75) is 19.9 Å². The van der Waals surface area contributed by atoms with E-state index >= 15 is 0 Å². The maximum atomic E-state index is 4.23. The number of hydrogen-bond donors (Lipinski definition) is 1. The monoisotopic (exact) mass is 227 g/mol. The van der Waals surface area contributed by atoms with Crippen LogP contribution in [0.5, 0.6) is 0 Å². The lowest BCUT2D eigenvalue weighted by Crippen LogP contribution is -2.07. The van der Waals surface area contributed by atoms with Crippen molar-refractivity contribution in [2.75, 3.05) is 7.05 Å². The van der Waals surface area contributed by atoms with Gasteiger partial charge in [0.15, 0.2) is 0 Å². The molecule has 0 aliphatic carbocycles. The molecule has 0 saturated heterocycles. The molecule has 0 radical (unpaired) electrons. The van der Waals surface area contributed by atoms with Crippen LogP contribution < -0.4 is 5.32 Å². The first-order valence-corrected chi connectivity index (χ1v) is 5.90. The Morgan fingerprint density at radius 2 is 1.76 bits per heavy atom. The standard InChI is InChI=1S/C14H17N3/c1-3-11-4-6-12(7-5-11)14-9-8-13(10-15-2)16-17-14/h4-9,15H,3,10H2,1-2H3. The number of nitrogens with zero attached hydrogens (tertiary/aromatic N) is 2. The van der Waals surface area contributed by atoms with Gasteiger partial charge in [-0.05, 0) is 31.2 Å². The van der Waals surface area contributed by atoms with E-state index in [0.29, 0.717) is 0 Å². The smallest absolute Gasteiger partial charge is 0.0929 e. The maximum Gasteiger partial charge on any atom is 0.0929 e. The number of nitrogens with one attached hydrogen (secondary N) is 1. The molecule has 0 unspecified atom stereocenters. The molecule has 1 aromatic carbocycles. The predicted molar refractivity (Wildman–Crippen MR) is 69.6 cm³/mol. The van der Waals surface area contributed by atoms with Crippen molar-refractivity contribution in [1.29, 1.82) is 0 Å². The molecule has 88 valence electrons. The van der Waals surface area contributed by atoms with Crippen LogP contribution in [0.25, 0.3) is 11.3 Å². The van der Waals surface area contributed by atoms with Gasteiger partial charge in [0.25, 0.3) is 0 Å². The third-order valence-electron chi connectivity index (χ3n) is 2.74. The van der Waals surface area contributed by atoms with Crippen LogP contribution in [0.1, 0.15) is 18.2 Å². The van der Waals surface area contributed by atoms with E-state index in [2.05, 4.69) is 46.7 Å². The van der Waals surface area contributed by atoms with E-state index in [-0.39, 0.29) is 0 Å². The minimum atomic E-state index is 0.752. The molecule has 2 aromatic rings. The average molecular weight is 227 g/mol. The summed E-state index contributed by atoms with van der Waals surface area (Å²) >= 11 is 0. The molecule has 0 atom stereocenters. The van der Waals surface area contributed by atoms with Crippen molar-refractivity contribution in [1.82, 2.24) is 15.5 Å². The summed E-state index contributed by atoms with van der Waals surface area (Å²) in [6.07, 6.45) is 1.06. The van der Waals surface area contributed by atoms with Crippen molar-refractivity contribution in [2.24, 2.45) is 0 Å². The normalized spacial score (nSPS) is 10.5. The highest BCUT2D eigenvalue weighted by molar-refractivity contribution is 5.58. The fourth-order valence-corrected chi connectivity index (χ4v) is 1.70. The highest BCUT2D eigenvalue weighted by atomic mass is 15.1. The van der Waals surface area contributed by atoms with E-state index in [0.717, 1.165) is 29.9 Å². The van der Waals surface area contributed by atoms with Crippen LogP contribution >= 0.6 is 0 Å². The lowest BCUT2D eigenvalue weighted by molar-refractivity contribution is 0.768. The molecular formula is C14H17N3. The van der Waals surface area contributed by atoms with E-state index in [1.165, 1.54) is 5.56 Å². The van der Waals surface area contributed by atoms with Gasteiger partial charge < -0.3 is 5.32 Å². The zero-order valence-corrected chi connectivity index (χ0v) is 10.3. The summed E-state index contributed by atoms with van der Waals surface area (Å²) in [6.45, 7) is 2.91. The third-order valence-corrected chi connectivity index (χ3v) is 2.74. The Morgan fingerprint density at radius 1 is 1.00 bits per heavy atom. The molecule has 0 fully saturated rings. The van der Waals surface area contributed by atoms with E-state index < -0.39 is 0 Å². The summed E-state index contributed by atoms with van der Waals surface area (Å²) in [5, 5.41) is 11.5. The molecule has 3 nitrogen and oxygen atoms in total. The number of aromatic nitrogens is 2. The zero-order valence-electron chi connectivity index (χ0n) is 10.3. The molecule has 2 rings (SSSR count).